The number of amides is 1. The Morgan fingerprint density at radius 2 is 1.91 bits per heavy atom. The van der Waals surface area contributed by atoms with E-state index in [0.717, 1.165) is 17.3 Å². The molecule has 0 aliphatic carbocycles. The van der Waals surface area contributed by atoms with Crippen LogP contribution < -0.4 is 11.1 Å². The highest BCUT2D eigenvalue weighted by Gasteiger charge is 2.38. The second kappa shape index (κ2) is 7.73. The molecule has 1 fully saturated rings. The number of likely N-dealkylation sites (tertiary alicyclic amines) is 1. The second-order valence-corrected chi connectivity index (χ2v) is 8.44. The maximum Gasteiger partial charge on any atom is 0.417 e. The fourth-order valence-electron chi connectivity index (χ4n) is 4.36. The summed E-state index contributed by atoms with van der Waals surface area (Å²) in [6.45, 7) is 2.40. The van der Waals surface area contributed by atoms with Crippen LogP contribution in [-0.4, -0.2) is 49.8 Å². The van der Waals surface area contributed by atoms with Crippen LogP contribution >= 0.6 is 0 Å². The third kappa shape index (κ3) is 3.69. The minimum atomic E-state index is -0.684. The molecule has 2 aliphatic heterocycles. The monoisotopic (exact) mass is 464 g/mol. The van der Waals surface area contributed by atoms with Crippen LogP contribution in [0.15, 0.2) is 51.8 Å². The van der Waals surface area contributed by atoms with Crippen molar-refractivity contribution in [3.8, 4) is 0 Å². The molecule has 0 spiro atoms. The molecule has 0 unspecified atom stereocenters. The first-order valence-corrected chi connectivity index (χ1v) is 10.7. The Balaban J connectivity index is 1.09. The molecule has 2 aromatic heterocycles. The number of benzene rings is 2. The average molecular weight is 464 g/mol. The Hall–Kier alpha value is -4.12. The summed E-state index contributed by atoms with van der Waals surface area (Å²) in [6.07, 6.45) is 1.71. The van der Waals surface area contributed by atoms with Crippen LogP contribution in [0.25, 0.3) is 11.1 Å². The summed E-state index contributed by atoms with van der Waals surface area (Å²) in [5.74, 6) is -1.77. The van der Waals surface area contributed by atoms with Crippen LogP contribution in [0.2, 0.25) is 0 Å². The number of hydrogen-bond donors (Lipinski definition) is 2. The van der Waals surface area contributed by atoms with Gasteiger partial charge in [0.15, 0.2) is 5.58 Å². The topological polar surface area (TPSA) is 107 Å². The van der Waals surface area contributed by atoms with Gasteiger partial charge in [-0.2, -0.15) is 0 Å². The number of carbonyl (C=O) groups excluding carboxylic acids is 1. The number of rotatable bonds is 4. The average Bonchev–Trinajstić information content (AvgIpc) is 3.33. The number of nitrogens with zero attached hydrogens (tertiary/aromatic N) is 4. The summed E-state index contributed by atoms with van der Waals surface area (Å²) in [4.78, 5) is 39.4. The van der Waals surface area contributed by atoms with E-state index in [2.05, 4.69) is 25.2 Å². The number of aromatic amines is 1. The van der Waals surface area contributed by atoms with Crippen LogP contribution in [0, 0.1) is 11.6 Å². The molecule has 4 heterocycles. The van der Waals surface area contributed by atoms with Crippen molar-refractivity contribution >= 4 is 28.6 Å². The first-order valence-electron chi connectivity index (χ1n) is 10.7. The minimum absolute atomic E-state index is 0.118. The van der Waals surface area contributed by atoms with Crippen molar-refractivity contribution in [1.82, 2.24) is 24.8 Å². The van der Waals surface area contributed by atoms with Crippen molar-refractivity contribution in [3.63, 3.8) is 0 Å². The second-order valence-electron chi connectivity index (χ2n) is 8.44. The Bertz CT molecular complexity index is 1470. The minimum Gasteiger partial charge on any atom is -0.408 e. The first-order chi connectivity index (χ1) is 16.4. The lowest BCUT2D eigenvalue weighted by molar-refractivity contribution is 0.0249. The summed E-state index contributed by atoms with van der Waals surface area (Å²) < 4.78 is 31.9. The highest BCUT2D eigenvalue weighted by Crippen LogP contribution is 2.29. The summed E-state index contributed by atoms with van der Waals surface area (Å²) in [5.41, 5.74) is 3.43. The van der Waals surface area contributed by atoms with Gasteiger partial charge in [0.25, 0.3) is 5.91 Å². The molecular weight excluding hydrogens is 446 g/mol. The van der Waals surface area contributed by atoms with E-state index in [-0.39, 0.29) is 23.6 Å². The number of halogens is 2. The standard InChI is InChI=1S/C23H18F2N6O3/c24-14-4-15(25)6-16(5-14)27-22-26-7-13-8-30(11-19(13)28-22)17-9-31(10-17)21(32)12-1-2-18-20(3-12)34-23(33)29-18/h1-7,17H,8-11H2,(H,29,33)(H,26,27,28). The molecule has 2 aliphatic rings. The van der Waals surface area contributed by atoms with Crippen LogP contribution in [-0.2, 0) is 13.1 Å². The lowest BCUT2D eigenvalue weighted by atomic mass is 10.0. The molecule has 1 amide bonds. The number of oxazole rings is 1. The number of hydrogen-bond acceptors (Lipinski definition) is 7. The van der Waals surface area contributed by atoms with Crippen LogP contribution in [0.5, 0.6) is 0 Å². The van der Waals surface area contributed by atoms with E-state index in [9.17, 15) is 18.4 Å². The lowest BCUT2D eigenvalue weighted by Crippen LogP contribution is -2.59. The third-order valence-electron chi connectivity index (χ3n) is 6.13. The molecule has 2 aromatic carbocycles. The summed E-state index contributed by atoms with van der Waals surface area (Å²) >= 11 is 0. The summed E-state index contributed by atoms with van der Waals surface area (Å²) in [6, 6.07) is 8.23. The molecular formula is C23H18F2N6O3. The smallest absolute Gasteiger partial charge is 0.408 e. The fourth-order valence-corrected chi connectivity index (χ4v) is 4.36. The number of anilines is 2. The van der Waals surface area contributed by atoms with E-state index in [1.165, 1.54) is 12.1 Å². The van der Waals surface area contributed by atoms with E-state index in [1.807, 2.05) is 0 Å². The SMILES string of the molecule is O=C(c1ccc2[nH]c(=O)oc2c1)N1CC(N2Cc3cnc(Nc4cc(F)cc(F)c4)nc3C2)C1. The molecule has 11 heteroatoms. The molecule has 6 rings (SSSR count). The summed E-state index contributed by atoms with van der Waals surface area (Å²) in [7, 11) is 0. The molecule has 0 atom stereocenters. The van der Waals surface area contributed by atoms with Crippen molar-refractivity contribution in [1.29, 1.82) is 0 Å². The Morgan fingerprint density at radius 1 is 1.12 bits per heavy atom. The maximum atomic E-state index is 13.4. The predicted molar refractivity (Wildman–Crippen MR) is 117 cm³/mol. The summed E-state index contributed by atoms with van der Waals surface area (Å²) in [5, 5.41) is 2.84. The van der Waals surface area contributed by atoms with E-state index >= 15 is 0 Å². The van der Waals surface area contributed by atoms with Crippen LogP contribution in [0.3, 0.4) is 0 Å². The van der Waals surface area contributed by atoms with Crippen LogP contribution in [0.4, 0.5) is 20.4 Å². The van der Waals surface area contributed by atoms with E-state index in [4.69, 9.17) is 4.42 Å². The van der Waals surface area contributed by atoms with Crippen molar-refractivity contribution in [2.75, 3.05) is 18.4 Å². The molecule has 0 radical (unpaired) electrons. The highest BCUT2D eigenvalue weighted by atomic mass is 19.1. The Kier molecular flexibility index (Phi) is 4.66. The number of carbonyl (C=O) groups is 1. The number of aromatic nitrogens is 3. The molecule has 9 nitrogen and oxygen atoms in total. The highest BCUT2D eigenvalue weighted by molar-refractivity contribution is 5.97. The largest absolute Gasteiger partial charge is 0.417 e. The van der Waals surface area contributed by atoms with Crippen molar-refractivity contribution < 1.29 is 18.0 Å². The van der Waals surface area contributed by atoms with Gasteiger partial charge in [0, 0.05) is 61.3 Å². The molecule has 0 saturated carbocycles. The third-order valence-corrected chi connectivity index (χ3v) is 6.13. The normalized spacial score (nSPS) is 16.0. The zero-order valence-electron chi connectivity index (χ0n) is 17.7. The first kappa shape index (κ1) is 20.5. The van der Waals surface area contributed by atoms with Gasteiger partial charge in [-0.05, 0) is 30.3 Å². The lowest BCUT2D eigenvalue weighted by Gasteiger charge is -2.43. The van der Waals surface area contributed by atoms with Crippen molar-refractivity contribution in [3.05, 3.63) is 81.6 Å². The number of nitrogens with one attached hydrogen (secondary N) is 2. The van der Waals surface area contributed by atoms with Gasteiger partial charge in [-0.1, -0.05) is 0 Å². The molecule has 4 aromatic rings. The predicted octanol–water partition coefficient (Wildman–Crippen LogP) is 2.77. The molecule has 2 N–H and O–H groups in total. The van der Waals surface area contributed by atoms with Crippen LogP contribution in [0.1, 0.15) is 21.6 Å². The van der Waals surface area contributed by atoms with Crippen molar-refractivity contribution in [2.24, 2.45) is 0 Å². The zero-order chi connectivity index (χ0) is 23.4. The molecule has 0 bridgehead atoms. The zero-order valence-corrected chi connectivity index (χ0v) is 17.7. The van der Waals surface area contributed by atoms with Gasteiger partial charge < -0.3 is 14.6 Å². The van der Waals surface area contributed by atoms with Gasteiger partial charge in [0.2, 0.25) is 5.95 Å². The van der Waals surface area contributed by atoms with Gasteiger partial charge >= 0.3 is 5.76 Å². The Labute approximate surface area is 191 Å². The van der Waals surface area contributed by atoms with Gasteiger partial charge in [0.1, 0.15) is 11.6 Å². The van der Waals surface area contributed by atoms with Gasteiger partial charge in [0.05, 0.1) is 11.2 Å². The van der Waals surface area contributed by atoms with Gasteiger partial charge in [-0.15, -0.1) is 0 Å². The Morgan fingerprint density at radius 3 is 2.71 bits per heavy atom. The van der Waals surface area contributed by atoms with Gasteiger partial charge in [-0.3, -0.25) is 14.7 Å². The number of H-pyrrole nitrogens is 1. The molecule has 34 heavy (non-hydrogen) atoms. The van der Waals surface area contributed by atoms with Gasteiger partial charge in [-0.25, -0.2) is 23.5 Å². The van der Waals surface area contributed by atoms with E-state index in [1.54, 1.807) is 29.3 Å². The molecule has 172 valence electrons. The van der Waals surface area contributed by atoms with Crippen molar-refractivity contribution in [2.45, 2.75) is 19.1 Å². The van der Waals surface area contributed by atoms with E-state index < -0.39 is 17.4 Å². The fraction of sp³-hybridized carbons (Fsp3) is 0.217. The number of fused-ring (bicyclic) bond motifs is 2. The van der Waals surface area contributed by atoms with E-state index in [0.29, 0.717) is 42.8 Å². The molecule has 1 saturated heterocycles. The maximum absolute atomic E-state index is 13.4. The quantitative estimate of drug-likeness (QED) is 0.478.